The Kier molecular flexibility index (Phi) is 4.32. The zero-order chi connectivity index (χ0) is 10.4. The highest BCUT2D eigenvalue weighted by Gasteiger charge is 1.97. The van der Waals surface area contributed by atoms with Crippen molar-refractivity contribution < 1.29 is 9.53 Å². The summed E-state index contributed by atoms with van der Waals surface area (Å²) in [5.41, 5.74) is 6.19. The van der Waals surface area contributed by atoms with Crippen molar-refractivity contribution in [1.82, 2.24) is 0 Å². The number of hydrogen-bond donors (Lipinski definition) is 1. The number of amides is 1. The molecule has 0 fully saturated rings. The molecule has 0 saturated carbocycles. The monoisotopic (exact) mass is 211 g/mol. The molecule has 0 aliphatic rings. The quantitative estimate of drug-likeness (QED) is 0.801. The number of methoxy groups -OCH3 is 1. The number of nitrogens with two attached hydrogens (primary N) is 1. The first-order valence-electron chi connectivity index (χ1n) is 4.21. The Balaban J connectivity index is 2.40. The summed E-state index contributed by atoms with van der Waals surface area (Å²) in [5.74, 6) is 1.73. The Morgan fingerprint density at radius 2 is 2.07 bits per heavy atom. The molecule has 0 aliphatic heterocycles. The first-order chi connectivity index (χ1) is 6.72. The summed E-state index contributed by atoms with van der Waals surface area (Å²) in [7, 11) is 1.64. The minimum atomic E-state index is -0.275. The average Bonchev–Trinajstić information content (AvgIpc) is 2.18. The van der Waals surface area contributed by atoms with Crippen molar-refractivity contribution in [3.05, 3.63) is 29.8 Å². The number of carbonyl (C=O) groups is 1. The molecule has 1 rings (SSSR count). The van der Waals surface area contributed by atoms with E-state index in [-0.39, 0.29) is 5.91 Å². The molecule has 3 nitrogen and oxygen atoms in total. The van der Waals surface area contributed by atoms with Crippen LogP contribution in [0.5, 0.6) is 5.75 Å². The van der Waals surface area contributed by atoms with Gasteiger partial charge in [0.2, 0.25) is 5.91 Å². The van der Waals surface area contributed by atoms with Crippen LogP contribution in [0.3, 0.4) is 0 Å². The number of thioether (sulfide) groups is 1. The largest absolute Gasteiger partial charge is 0.497 e. The van der Waals surface area contributed by atoms with Crippen LogP contribution in [-0.2, 0) is 10.5 Å². The van der Waals surface area contributed by atoms with Crippen molar-refractivity contribution >= 4 is 17.7 Å². The van der Waals surface area contributed by atoms with Crippen LogP contribution in [0.15, 0.2) is 24.3 Å². The van der Waals surface area contributed by atoms with Gasteiger partial charge in [-0.1, -0.05) is 12.1 Å². The Hall–Kier alpha value is -1.16. The van der Waals surface area contributed by atoms with E-state index in [9.17, 15) is 4.79 Å². The maximum Gasteiger partial charge on any atom is 0.227 e. The molecule has 1 amide bonds. The standard InChI is InChI=1S/C10H13NO2S/c1-13-9-4-2-8(3-5-9)6-14-7-10(11)12/h2-5H,6-7H2,1H3,(H2,11,12). The second-order valence-electron chi connectivity index (χ2n) is 2.81. The summed E-state index contributed by atoms with van der Waals surface area (Å²) in [4.78, 5) is 10.5. The van der Waals surface area contributed by atoms with Gasteiger partial charge in [0.05, 0.1) is 12.9 Å². The Labute approximate surface area is 87.6 Å². The van der Waals surface area contributed by atoms with Crippen LogP contribution in [0.25, 0.3) is 0 Å². The molecule has 1 aromatic rings. The van der Waals surface area contributed by atoms with Gasteiger partial charge < -0.3 is 10.5 Å². The zero-order valence-electron chi connectivity index (χ0n) is 8.03. The molecule has 0 spiro atoms. The fourth-order valence-corrected chi connectivity index (χ4v) is 1.72. The molecule has 0 heterocycles. The highest BCUT2D eigenvalue weighted by Crippen LogP contribution is 2.15. The van der Waals surface area contributed by atoms with E-state index in [0.717, 1.165) is 17.1 Å². The maximum atomic E-state index is 10.5. The van der Waals surface area contributed by atoms with Crippen LogP contribution in [0, 0.1) is 0 Å². The van der Waals surface area contributed by atoms with Crippen LogP contribution >= 0.6 is 11.8 Å². The summed E-state index contributed by atoms with van der Waals surface area (Å²) >= 11 is 1.51. The van der Waals surface area contributed by atoms with Gasteiger partial charge in [-0.3, -0.25) is 4.79 Å². The van der Waals surface area contributed by atoms with Crippen LogP contribution in [0.4, 0.5) is 0 Å². The summed E-state index contributed by atoms with van der Waals surface area (Å²) in [6, 6.07) is 7.76. The zero-order valence-corrected chi connectivity index (χ0v) is 8.84. The van der Waals surface area contributed by atoms with Gasteiger partial charge in [-0.25, -0.2) is 0 Å². The number of carbonyl (C=O) groups excluding carboxylic acids is 1. The molecular weight excluding hydrogens is 198 g/mol. The van der Waals surface area contributed by atoms with Crippen molar-refractivity contribution in [1.29, 1.82) is 0 Å². The van der Waals surface area contributed by atoms with Crippen LogP contribution in [0.1, 0.15) is 5.56 Å². The van der Waals surface area contributed by atoms with E-state index in [1.54, 1.807) is 7.11 Å². The number of benzene rings is 1. The summed E-state index contributed by atoms with van der Waals surface area (Å²) < 4.78 is 5.03. The van der Waals surface area contributed by atoms with E-state index in [0.29, 0.717) is 5.75 Å². The Bertz CT molecular complexity index is 297. The van der Waals surface area contributed by atoms with Crippen LogP contribution in [-0.4, -0.2) is 18.8 Å². The maximum absolute atomic E-state index is 10.5. The molecule has 0 unspecified atom stereocenters. The molecule has 0 saturated heterocycles. The van der Waals surface area contributed by atoms with E-state index in [2.05, 4.69) is 0 Å². The topological polar surface area (TPSA) is 52.3 Å². The normalized spacial score (nSPS) is 9.79. The molecular formula is C10H13NO2S. The predicted octanol–water partition coefficient (Wildman–Crippen LogP) is 1.41. The first-order valence-corrected chi connectivity index (χ1v) is 5.37. The van der Waals surface area contributed by atoms with Gasteiger partial charge in [0.1, 0.15) is 5.75 Å². The first kappa shape index (κ1) is 10.9. The van der Waals surface area contributed by atoms with Crippen molar-refractivity contribution in [3.8, 4) is 5.75 Å². The van der Waals surface area contributed by atoms with Gasteiger partial charge in [-0.05, 0) is 17.7 Å². The summed E-state index contributed by atoms with van der Waals surface area (Å²) in [6.45, 7) is 0. The van der Waals surface area contributed by atoms with E-state index < -0.39 is 0 Å². The minimum Gasteiger partial charge on any atom is -0.497 e. The molecule has 4 heteroatoms. The number of primary amides is 1. The molecule has 76 valence electrons. The van der Waals surface area contributed by atoms with E-state index in [1.165, 1.54) is 11.8 Å². The number of ether oxygens (including phenoxy) is 1. The lowest BCUT2D eigenvalue weighted by molar-refractivity contribution is -0.115. The molecule has 0 atom stereocenters. The van der Waals surface area contributed by atoms with Crippen molar-refractivity contribution in [2.45, 2.75) is 5.75 Å². The SMILES string of the molecule is COc1ccc(CSCC(N)=O)cc1. The lowest BCUT2D eigenvalue weighted by Crippen LogP contribution is -2.13. The summed E-state index contributed by atoms with van der Waals surface area (Å²) in [6.07, 6.45) is 0. The third-order valence-corrected chi connectivity index (χ3v) is 2.70. The van der Waals surface area contributed by atoms with E-state index >= 15 is 0 Å². The van der Waals surface area contributed by atoms with Crippen LogP contribution < -0.4 is 10.5 Å². The van der Waals surface area contributed by atoms with Crippen LogP contribution in [0.2, 0.25) is 0 Å². The highest BCUT2D eigenvalue weighted by atomic mass is 32.2. The third-order valence-electron chi connectivity index (χ3n) is 1.67. The fraction of sp³-hybridized carbons (Fsp3) is 0.300. The van der Waals surface area contributed by atoms with Gasteiger partial charge in [-0.2, -0.15) is 0 Å². The van der Waals surface area contributed by atoms with Crippen molar-refractivity contribution in [3.63, 3.8) is 0 Å². The predicted molar refractivity (Wildman–Crippen MR) is 58.4 cm³/mol. The van der Waals surface area contributed by atoms with E-state index in [1.807, 2.05) is 24.3 Å². The van der Waals surface area contributed by atoms with Gasteiger partial charge in [0.15, 0.2) is 0 Å². The minimum absolute atomic E-state index is 0.275. The molecule has 0 radical (unpaired) electrons. The highest BCUT2D eigenvalue weighted by molar-refractivity contribution is 7.99. The number of hydrogen-bond acceptors (Lipinski definition) is 3. The molecule has 0 aliphatic carbocycles. The summed E-state index contributed by atoms with van der Waals surface area (Å²) in [5, 5.41) is 0. The smallest absolute Gasteiger partial charge is 0.227 e. The lowest BCUT2D eigenvalue weighted by Gasteiger charge is -2.02. The molecule has 1 aromatic carbocycles. The Morgan fingerprint density at radius 3 is 2.57 bits per heavy atom. The molecule has 0 bridgehead atoms. The second kappa shape index (κ2) is 5.54. The molecule has 2 N–H and O–H groups in total. The van der Waals surface area contributed by atoms with Gasteiger partial charge >= 0.3 is 0 Å². The van der Waals surface area contributed by atoms with Gasteiger partial charge in [-0.15, -0.1) is 11.8 Å². The average molecular weight is 211 g/mol. The van der Waals surface area contributed by atoms with E-state index in [4.69, 9.17) is 10.5 Å². The van der Waals surface area contributed by atoms with Gasteiger partial charge in [0.25, 0.3) is 0 Å². The number of rotatable bonds is 5. The Morgan fingerprint density at radius 1 is 1.43 bits per heavy atom. The van der Waals surface area contributed by atoms with Crippen molar-refractivity contribution in [2.24, 2.45) is 5.73 Å². The second-order valence-corrected chi connectivity index (χ2v) is 3.79. The van der Waals surface area contributed by atoms with Crippen molar-refractivity contribution in [2.75, 3.05) is 12.9 Å². The fourth-order valence-electron chi connectivity index (χ4n) is 0.991. The molecule has 14 heavy (non-hydrogen) atoms. The molecule has 0 aromatic heterocycles. The van der Waals surface area contributed by atoms with Gasteiger partial charge in [0, 0.05) is 5.75 Å². The lowest BCUT2D eigenvalue weighted by atomic mass is 10.2. The third kappa shape index (κ3) is 3.70.